The van der Waals surface area contributed by atoms with Crippen LogP contribution in [0.15, 0.2) is 12.7 Å². The monoisotopic (exact) mass is 273 g/mol. The molecule has 1 N–H and O–H groups in total. The highest BCUT2D eigenvalue weighted by atomic mass is 16.2. The number of carbonyl (C=O) groups excluding carboxylic acids is 1. The number of fused-ring (bicyclic) bond motifs is 2. The molecule has 0 aliphatic heterocycles. The van der Waals surface area contributed by atoms with E-state index in [1.165, 1.54) is 19.3 Å². The van der Waals surface area contributed by atoms with Gasteiger partial charge in [0.2, 0.25) is 5.91 Å². The fourth-order valence-electron chi connectivity index (χ4n) is 7.98. The summed E-state index contributed by atoms with van der Waals surface area (Å²) >= 11 is 0. The van der Waals surface area contributed by atoms with Crippen molar-refractivity contribution >= 4 is 5.91 Å². The number of hydrogen-bond donors (Lipinski definition) is 1. The molecule has 4 rings (SSSR count). The lowest BCUT2D eigenvalue weighted by atomic mass is 9.40. The van der Waals surface area contributed by atoms with Crippen molar-refractivity contribution in [2.24, 2.45) is 27.1 Å². The van der Waals surface area contributed by atoms with E-state index in [0.29, 0.717) is 34.1 Å². The second kappa shape index (κ2) is 3.18. The van der Waals surface area contributed by atoms with Gasteiger partial charge in [-0.05, 0) is 60.2 Å². The van der Waals surface area contributed by atoms with Crippen molar-refractivity contribution in [1.29, 1.82) is 0 Å². The number of amides is 1. The zero-order valence-corrected chi connectivity index (χ0v) is 13.1. The molecule has 20 heavy (non-hydrogen) atoms. The Labute approximate surface area is 122 Å². The molecule has 0 aromatic heterocycles. The van der Waals surface area contributed by atoms with Crippen molar-refractivity contribution in [3.63, 3.8) is 0 Å². The first kappa shape index (κ1) is 12.9. The van der Waals surface area contributed by atoms with Gasteiger partial charge in [-0.1, -0.05) is 26.8 Å². The molecular formula is C18H27NO. The molecular weight excluding hydrogens is 246 g/mol. The van der Waals surface area contributed by atoms with Crippen molar-refractivity contribution in [3.05, 3.63) is 12.7 Å². The van der Waals surface area contributed by atoms with E-state index >= 15 is 0 Å². The van der Waals surface area contributed by atoms with Crippen molar-refractivity contribution in [3.8, 4) is 0 Å². The minimum Gasteiger partial charge on any atom is -0.352 e. The third kappa shape index (κ3) is 1.13. The van der Waals surface area contributed by atoms with Gasteiger partial charge in [0.05, 0.1) is 5.41 Å². The van der Waals surface area contributed by atoms with E-state index in [4.69, 9.17) is 0 Å². The zero-order chi connectivity index (χ0) is 14.4. The Balaban J connectivity index is 1.76. The molecule has 3 bridgehead atoms. The summed E-state index contributed by atoms with van der Waals surface area (Å²) in [5.74, 6) is 0.308. The Morgan fingerprint density at radius 3 is 2.45 bits per heavy atom. The van der Waals surface area contributed by atoms with E-state index in [1.807, 2.05) is 0 Å². The standard InChI is InChI=1S/C18H27NO/c1-5-6-19-13(20)17-8-14(2)7-15(3)10-16(4,11-17)18(15,9-14)12-17/h5H,1,6-12H2,2-4H3,(H,19,20). The molecule has 0 aromatic rings. The summed E-state index contributed by atoms with van der Waals surface area (Å²) in [6.45, 7) is 11.7. The van der Waals surface area contributed by atoms with E-state index < -0.39 is 0 Å². The van der Waals surface area contributed by atoms with Crippen LogP contribution in [0.2, 0.25) is 0 Å². The number of hydrogen-bond acceptors (Lipinski definition) is 1. The fraction of sp³-hybridized carbons (Fsp3) is 0.833. The average Bonchev–Trinajstić information content (AvgIpc) is 2.57. The van der Waals surface area contributed by atoms with Gasteiger partial charge in [-0.25, -0.2) is 0 Å². The first-order chi connectivity index (χ1) is 9.22. The van der Waals surface area contributed by atoms with Crippen LogP contribution in [0.5, 0.6) is 0 Å². The quantitative estimate of drug-likeness (QED) is 0.781. The number of nitrogens with one attached hydrogen (secondary N) is 1. The molecule has 4 saturated carbocycles. The third-order valence-electron chi connectivity index (χ3n) is 7.66. The molecule has 110 valence electrons. The van der Waals surface area contributed by atoms with Crippen LogP contribution in [-0.4, -0.2) is 12.5 Å². The van der Waals surface area contributed by atoms with Gasteiger partial charge in [-0.3, -0.25) is 4.79 Å². The SMILES string of the molecule is C=CCNC(=O)C12CC3(C)CC4(C)CC(C)(C1)C4(C3)C2. The maximum absolute atomic E-state index is 12.8. The van der Waals surface area contributed by atoms with E-state index in [9.17, 15) is 4.79 Å². The molecule has 0 saturated heterocycles. The van der Waals surface area contributed by atoms with E-state index in [0.717, 1.165) is 19.3 Å². The highest BCUT2D eigenvalue weighted by Gasteiger charge is 2.83. The van der Waals surface area contributed by atoms with Crippen molar-refractivity contribution in [2.75, 3.05) is 6.54 Å². The third-order valence-corrected chi connectivity index (χ3v) is 7.66. The van der Waals surface area contributed by atoms with Crippen LogP contribution >= 0.6 is 0 Å². The lowest BCUT2D eigenvalue weighted by molar-refractivity contribution is -0.157. The van der Waals surface area contributed by atoms with Gasteiger partial charge in [0, 0.05) is 6.54 Å². The number of rotatable bonds is 3. The molecule has 4 aliphatic rings. The Bertz CT molecular complexity index is 524. The predicted molar refractivity (Wildman–Crippen MR) is 80.1 cm³/mol. The maximum atomic E-state index is 12.8. The van der Waals surface area contributed by atoms with Gasteiger partial charge < -0.3 is 5.32 Å². The molecule has 4 aliphatic carbocycles. The van der Waals surface area contributed by atoms with Crippen LogP contribution in [0.1, 0.15) is 59.3 Å². The van der Waals surface area contributed by atoms with Crippen molar-refractivity contribution in [2.45, 2.75) is 59.3 Å². The van der Waals surface area contributed by atoms with Crippen LogP contribution in [0.3, 0.4) is 0 Å². The maximum Gasteiger partial charge on any atom is 0.226 e. The second-order valence-corrected chi connectivity index (χ2v) is 9.35. The van der Waals surface area contributed by atoms with Gasteiger partial charge in [-0.15, -0.1) is 6.58 Å². The van der Waals surface area contributed by atoms with Gasteiger partial charge >= 0.3 is 0 Å². The van der Waals surface area contributed by atoms with Crippen LogP contribution in [0, 0.1) is 27.1 Å². The topological polar surface area (TPSA) is 29.1 Å². The highest BCUT2D eigenvalue weighted by Crippen LogP contribution is 2.90. The Hall–Kier alpha value is -0.790. The number of carbonyl (C=O) groups is 1. The first-order valence-corrected chi connectivity index (χ1v) is 8.12. The molecule has 1 spiro atoms. The molecule has 5 unspecified atom stereocenters. The zero-order valence-electron chi connectivity index (χ0n) is 13.1. The summed E-state index contributed by atoms with van der Waals surface area (Å²) in [5, 5.41) is 3.12. The lowest BCUT2D eigenvalue weighted by Gasteiger charge is -2.64. The molecule has 0 heterocycles. The second-order valence-electron chi connectivity index (χ2n) is 9.35. The molecule has 2 heteroatoms. The highest BCUT2D eigenvalue weighted by molar-refractivity contribution is 5.84. The lowest BCUT2D eigenvalue weighted by Crippen LogP contribution is -2.57. The summed E-state index contributed by atoms with van der Waals surface area (Å²) in [5.41, 5.74) is 1.69. The van der Waals surface area contributed by atoms with Gasteiger partial charge in [-0.2, -0.15) is 0 Å². The summed E-state index contributed by atoms with van der Waals surface area (Å²) < 4.78 is 0. The molecule has 2 nitrogen and oxygen atoms in total. The van der Waals surface area contributed by atoms with Gasteiger partial charge in [0.25, 0.3) is 0 Å². The van der Waals surface area contributed by atoms with Crippen LogP contribution in [-0.2, 0) is 4.79 Å². The van der Waals surface area contributed by atoms with Gasteiger partial charge in [0.1, 0.15) is 0 Å². The molecule has 0 aromatic carbocycles. The molecule has 0 radical (unpaired) electrons. The van der Waals surface area contributed by atoms with Crippen LogP contribution in [0.25, 0.3) is 0 Å². The van der Waals surface area contributed by atoms with E-state index in [1.54, 1.807) is 6.08 Å². The summed E-state index contributed by atoms with van der Waals surface area (Å²) in [4.78, 5) is 12.8. The Kier molecular flexibility index (Phi) is 2.05. The fourth-order valence-corrected chi connectivity index (χ4v) is 7.98. The molecule has 5 atom stereocenters. The molecule has 4 fully saturated rings. The first-order valence-electron chi connectivity index (χ1n) is 8.12. The van der Waals surface area contributed by atoms with Crippen molar-refractivity contribution < 1.29 is 4.79 Å². The predicted octanol–water partition coefficient (Wildman–Crippen LogP) is 3.68. The van der Waals surface area contributed by atoms with E-state index in [-0.39, 0.29) is 5.41 Å². The summed E-state index contributed by atoms with van der Waals surface area (Å²) in [6.07, 6.45) is 9.21. The average molecular weight is 273 g/mol. The summed E-state index contributed by atoms with van der Waals surface area (Å²) in [7, 11) is 0. The van der Waals surface area contributed by atoms with Crippen LogP contribution in [0.4, 0.5) is 0 Å². The van der Waals surface area contributed by atoms with E-state index in [2.05, 4.69) is 32.7 Å². The van der Waals surface area contributed by atoms with Crippen molar-refractivity contribution in [1.82, 2.24) is 5.32 Å². The normalized spacial score (nSPS) is 58.1. The smallest absolute Gasteiger partial charge is 0.226 e. The minimum atomic E-state index is -0.0843. The molecule has 1 amide bonds. The van der Waals surface area contributed by atoms with Gasteiger partial charge in [0.15, 0.2) is 0 Å². The Morgan fingerprint density at radius 1 is 1.05 bits per heavy atom. The van der Waals surface area contributed by atoms with Crippen LogP contribution < -0.4 is 5.32 Å². The summed E-state index contributed by atoms with van der Waals surface area (Å²) in [6, 6.07) is 0. The minimum absolute atomic E-state index is 0.0843. The Morgan fingerprint density at radius 2 is 1.75 bits per heavy atom. The largest absolute Gasteiger partial charge is 0.352 e.